The first kappa shape index (κ1) is 18.9. The number of aromatic nitrogens is 4. The first-order valence-electron chi connectivity index (χ1n) is 9.94. The first-order valence-corrected chi connectivity index (χ1v) is 9.94. The summed E-state index contributed by atoms with van der Waals surface area (Å²) in [6, 6.07) is 29.6. The molecule has 31 heavy (non-hydrogen) atoms. The SMILES string of the molecule is [B]c1cc(-c2cccnc2)cc(-c2nc(-c3ccccc3)nc(-c3ccccc3)n2)c1. The van der Waals surface area contributed by atoms with Crippen molar-refractivity contribution in [3.8, 4) is 45.3 Å². The van der Waals surface area contributed by atoms with E-state index in [0.717, 1.165) is 27.8 Å². The average Bonchev–Trinajstić information content (AvgIpc) is 2.85. The lowest BCUT2D eigenvalue weighted by molar-refractivity contribution is 1.07. The van der Waals surface area contributed by atoms with Crippen LogP contribution in [0.4, 0.5) is 0 Å². The fourth-order valence-corrected chi connectivity index (χ4v) is 3.42. The molecule has 0 spiro atoms. The van der Waals surface area contributed by atoms with Crippen LogP contribution in [0.3, 0.4) is 0 Å². The van der Waals surface area contributed by atoms with E-state index in [1.54, 1.807) is 6.20 Å². The summed E-state index contributed by atoms with van der Waals surface area (Å²) in [4.78, 5) is 18.5. The van der Waals surface area contributed by atoms with Gasteiger partial charge in [-0.25, -0.2) is 15.0 Å². The Morgan fingerprint density at radius 1 is 0.484 bits per heavy atom. The Morgan fingerprint density at radius 3 is 1.55 bits per heavy atom. The highest BCUT2D eigenvalue weighted by Crippen LogP contribution is 2.27. The number of rotatable bonds is 4. The molecule has 0 amide bonds. The zero-order chi connectivity index (χ0) is 21.0. The van der Waals surface area contributed by atoms with Gasteiger partial charge >= 0.3 is 0 Å². The number of benzene rings is 3. The number of nitrogens with zero attached hydrogens (tertiary/aromatic N) is 4. The minimum absolute atomic E-state index is 0.574. The molecule has 0 saturated heterocycles. The molecule has 2 heterocycles. The van der Waals surface area contributed by atoms with Gasteiger partial charge in [0.05, 0.1) is 0 Å². The summed E-state index contributed by atoms with van der Waals surface area (Å²) >= 11 is 0. The van der Waals surface area contributed by atoms with Gasteiger partial charge in [-0.15, -0.1) is 0 Å². The van der Waals surface area contributed by atoms with Gasteiger partial charge in [0.15, 0.2) is 17.5 Å². The molecule has 0 N–H and O–H groups in total. The summed E-state index contributed by atoms with van der Waals surface area (Å²) in [6.45, 7) is 0. The third-order valence-corrected chi connectivity index (χ3v) is 4.91. The third-order valence-electron chi connectivity index (χ3n) is 4.91. The van der Waals surface area contributed by atoms with Crippen LogP contribution in [0, 0.1) is 0 Å². The van der Waals surface area contributed by atoms with Gasteiger partial charge in [0.25, 0.3) is 0 Å². The molecule has 144 valence electrons. The summed E-state index contributed by atoms with van der Waals surface area (Å²) < 4.78 is 0. The summed E-state index contributed by atoms with van der Waals surface area (Å²) in [5, 5.41) is 0. The van der Waals surface area contributed by atoms with Crippen molar-refractivity contribution < 1.29 is 0 Å². The van der Waals surface area contributed by atoms with Crippen LogP contribution in [-0.4, -0.2) is 27.8 Å². The minimum atomic E-state index is 0.574. The maximum absolute atomic E-state index is 6.24. The fraction of sp³-hybridized carbons (Fsp3) is 0. The van der Waals surface area contributed by atoms with Crippen LogP contribution in [0.25, 0.3) is 45.3 Å². The van der Waals surface area contributed by atoms with E-state index < -0.39 is 0 Å². The van der Waals surface area contributed by atoms with Crippen LogP contribution in [-0.2, 0) is 0 Å². The molecule has 4 nitrogen and oxygen atoms in total. The van der Waals surface area contributed by atoms with Gasteiger partial charge in [0.2, 0.25) is 0 Å². The Balaban J connectivity index is 1.70. The highest BCUT2D eigenvalue weighted by atomic mass is 15.0. The van der Waals surface area contributed by atoms with E-state index in [0.29, 0.717) is 22.9 Å². The van der Waals surface area contributed by atoms with Crippen molar-refractivity contribution in [2.45, 2.75) is 0 Å². The molecule has 0 fully saturated rings. The van der Waals surface area contributed by atoms with Crippen LogP contribution in [0.5, 0.6) is 0 Å². The standard InChI is InChI=1S/C26H17BN4/c27-23-15-21(20-12-7-13-28-17-20)14-22(16-23)26-30-24(18-8-3-1-4-9-18)29-25(31-26)19-10-5-2-6-11-19/h1-17H. The minimum Gasteiger partial charge on any atom is -0.264 e. The molecule has 2 aromatic heterocycles. The predicted molar refractivity (Wildman–Crippen MR) is 125 cm³/mol. The summed E-state index contributed by atoms with van der Waals surface area (Å²) in [5.74, 6) is 1.81. The fourth-order valence-electron chi connectivity index (χ4n) is 3.42. The summed E-state index contributed by atoms with van der Waals surface area (Å²) in [7, 11) is 6.24. The van der Waals surface area contributed by atoms with E-state index in [2.05, 4.69) is 4.98 Å². The van der Waals surface area contributed by atoms with Crippen LogP contribution in [0.15, 0.2) is 103 Å². The van der Waals surface area contributed by atoms with Gasteiger partial charge in [0.1, 0.15) is 7.85 Å². The van der Waals surface area contributed by atoms with Crippen molar-refractivity contribution >= 4 is 13.3 Å². The second-order valence-electron chi connectivity index (χ2n) is 7.12. The van der Waals surface area contributed by atoms with Crippen molar-refractivity contribution in [2.24, 2.45) is 0 Å². The van der Waals surface area contributed by atoms with Crippen molar-refractivity contribution in [1.82, 2.24) is 19.9 Å². The Hall–Kier alpha value is -4.12. The van der Waals surface area contributed by atoms with Gasteiger partial charge in [0, 0.05) is 29.1 Å². The number of hydrogen-bond donors (Lipinski definition) is 0. The maximum Gasteiger partial charge on any atom is 0.164 e. The highest BCUT2D eigenvalue weighted by Gasteiger charge is 2.13. The van der Waals surface area contributed by atoms with Crippen LogP contribution in [0.1, 0.15) is 0 Å². The lowest BCUT2D eigenvalue weighted by Gasteiger charge is -2.10. The van der Waals surface area contributed by atoms with Gasteiger partial charge in [-0.1, -0.05) is 84.3 Å². The topological polar surface area (TPSA) is 51.6 Å². The molecule has 0 unspecified atom stereocenters. The lowest BCUT2D eigenvalue weighted by atomic mass is 9.90. The molecule has 2 radical (unpaired) electrons. The van der Waals surface area contributed by atoms with Crippen LogP contribution < -0.4 is 5.46 Å². The number of pyridine rings is 1. The van der Waals surface area contributed by atoms with E-state index in [-0.39, 0.29) is 0 Å². The molecular weight excluding hydrogens is 379 g/mol. The third kappa shape index (κ3) is 4.12. The Labute approximate surface area is 182 Å². The van der Waals surface area contributed by atoms with E-state index in [4.69, 9.17) is 22.8 Å². The highest BCUT2D eigenvalue weighted by molar-refractivity contribution is 6.33. The maximum atomic E-state index is 6.24. The molecule has 0 aliphatic heterocycles. The quantitative estimate of drug-likeness (QED) is 0.412. The molecule has 0 aliphatic rings. The predicted octanol–water partition coefficient (Wildman–Crippen LogP) is 4.73. The zero-order valence-corrected chi connectivity index (χ0v) is 16.7. The summed E-state index contributed by atoms with van der Waals surface area (Å²) in [6.07, 6.45) is 3.57. The second-order valence-corrected chi connectivity index (χ2v) is 7.12. The molecule has 5 aromatic rings. The molecule has 5 rings (SSSR count). The monoisotopic (exact) mass is 396 g/mol. The summed E-state index contributed by atoms with van der Waals surface area (Å²) in [5.41, 5.74) is 5.28. The van der Waals surface area contributed by atoms with Gasteiger partial charge < -0.3 is 0 Å². The molecule has 0 bridgehead atoms. The largest absolute Gasteiger partial charge is 0.264 e. The van der Waals surface area contributed by atoms with Crippen molar-refractivity contribution in [1.29, 1.82) is 0 Å². The number of hydrogen-bond acceptors (Lipinski definition) is 4. The average molecular weight is 396 g/mol. The first-order chi connectivity index (χ1) is 15.3. The van der Waals surface area contributed by atoms with Crippen LogP contribution in [0.2, 0.25) is 0 Å². The van der Waals surface area contributed by atoms with Crippen molar-refractivity contribution in [3.05, 3.63) is 103 Å². The Bertz CT molecular complexity index is 1270. The Morgan fingerprint density at radius 2 is 1.00 bits per heavy atom. The van der Waals surface area contributed by atoms with Gasteiger partial charge in [-0.3, -0.25) is 4.98 Å². The molecule has 0 atom stereocenters. The van der Waals surface area contributed by atoms with E-state index in [1.807, 2.05) is 97.2 Å². The molecule has 0 aliphatic carbocycles. The molecule has 5 heteroatoms. The molecule has 0 saturated carbocycles. The lowest BCUT2D eigenvalue weighted by Crippen LogP contribution is -2.05. The molecular formula is C26H17BN4. The smallest absolute Gasteiger partial charge is 0.164 e. The Kier molecular flexibility index (Phi) is 5.07. The van der Waals surface area contributed by atoms with Gasteiger partial charge in [-0.2, -0.15) is 0 Å². The van der Waals surface area contributed by atoms with Crippen molar-refractivity contribution in [2.75, 3.05) is 0 Å². The van der Waals surface area contributed by atoms with Gasteiger partial charge in [-0.05, 0) is 23.3 Å². The van der Waals surface area contributed by atoms with E-state index >= 15 is 0 Å². The normalized spacial score (nSPS) is 10.7. The second kappa shape index (κ2) is 8.32. The van der Waals surface area contributed by atoms with Crippen LogP contribution >= 0.6 is 0 Å². The molecule has 3 aromatic carbocycles. The van der Waals surface area contributed by atoms with E-state index in [1.165, 1.54) is 0 Å². The van der Waals surface area contributed by atoms with Crippen molar-refractivity contribution in [3.63, 3.8) is 0 Å². The zero-order valence-electron chi connectivity index (χ0n) is 16.7. The van der Waals surface area contributed by atoms with E-state index in [9.17, 15) is 0 Å².